The maximum Gasteiger partial charge on any atom is 0.306 e. The van der Waals surface area contributed by atoms with Gasteiger partial charge >= 0.3 is 5.97 Å². The molecule has 0 spiro atoms. The van der Waals surface area contributed by atoms with E-state index in [0.717, 1.165) is 0 Å². The Bertz CT molecular complexity index is 85.0. The number of ether oxygens (including phenoxy) is 1. The molecule has 9 heavy (non-hydrogen) atoms. The van der Waals surface area contributed by atoms with Crippen molar-refractivity contribution in [3.63, 3.8) is 0 Å². The average Bonchev–Trinajstić information content (AvgIpc) is 1.89. The van der Waals surface area contributed by atoms with Crippen LogP contribution >= 0.6 is 21.6 Å². The summed E-state index contributed by atoms with van der Waals surface area (Å²) in [5.41, 5.74) is 0. The molecular weight excluding hydrogens is 156 g/mol. The van der Waals surface area contributed by atoms with Crippen molar-refractivity contribution in [1.29, 1.82) is 0 Å². The van der Waals surface area contributed by atoms with Crippen LogP contribution in [0.1, 0.15) is 13.3 Å². The van der Waals surface area contributed by atoms with E-state index in [1.165, 1.54) is 10.8 Å². The fourth-order valence-electron chi connectivity index (χ4n) is 0.240. The van der Waals surface area contributed by atoms with Crippen molar-refractivity contribution in [1.82, 2.24) is 0 Å². The molecule has 0 atom stereocenters. The minimum Gasteiger partial charge on any atom is -0.454 e. The van der Waals surface area contributed by atoms with Gasteiger partial charge < -0.3 is 4.74 Å². The zero-order valence-electron chi connectivity index (χ0n) is 5.55. The van der Waals surface area contributed by atoms with E-state index in [4.69, 9.17) is 4.74 Å². The first kappa shape index (κ1) is 9.17. The minimum atomic E-state index is -0.128. The van der Waals surface area contributed by atoms with Crippen molar-refractivity contribution in [3.8, 4) is 0 Å². The van der Waals surface area contributed by atoms with E-state index in [2.05, 4.69) is 0 Å². The van der Waals surface area contributed by atoms with Gasteiger partial charge in [-0.15, -0.1) is 0 Å². The smallest absolute Gasteiger partial charge is 0.306 e. The molecule has 0 radical (unpaired) electrons. The second-order valence-corrected chi connectivity index (χ2v) is 3.78. The summed E-state index contributed by atoms with van der Waals surface area (Å²) in [5.74, 6) is 0.338. The first-order chi connectivity index (χ1) is 4.31. The van der Waals surface area contributed by atoms with E-state index < -0.39 is 0 Å². The van der Waals surface area contributed by atoms with Gasteiger partial charge in [0.05, 0.1) is 0 Å². The number of esters is 1. The van der Waals surface area contributed by atoms with Gasteiger partial charge in [0.15, 0.2) is 0 Å². The first-order valence-electron chi connectivity index (χ1n) is 2.62. The molecule has 0 aliphatic carbocycles. The molecule has 0 aliphatic heterocycles. The SMILES string of the molecule is CCC(=O)OCSSC. The van der Waals surface area contributed by atoms with Gasteiger partial charge in [0, 0.05) is 6.42 Å². The Morgan fingerprint density at radius 1 is 1.67 bits per heavy atom. The average molecular weight is 166 g/mol. The van der Waals surface area contributed by atoms with Gasteiger partial charge in [0.25, 0.3) is 0 Å². The van der Waals surface area contributed by atoms with E-state index in [0.29, 0.717) is 12.4 Å². The third kappa shape index (κ3) is 6.05. The summed E-state index contributed by atoms with van der Waals surface area (Å²) in [4.78, 5) is 10.4. The topological polar surface area (TPSA) is 26.3 Å². The number of hydrogen-bond donors (Lipinski definition) is 0. The lowest BCUT2D eigenvalue weighted by atomic mass is 10.5. The number of carbonyl (C=O) groups excluding carboxylic acids is 1. The third-order valence-electron chi connectivity index (χ3n) is 0.675. The molecular formula is C5H10O2S2. The van der Waals surface area contributed by atoms with E-state index in [9.17, 15) is 4.79 Å². The van der Waals surface area contributed by atoms with Crippen LogP contribution in [0.2, 0.25) is 0 Å². The summed E-state index contributed by atoms with van der Waals surface area (Å²) >= 11 is 0. The normalized spacial score (nSPS) is 9.11. The molecule has 2 nitrogen and oxygen atoms in total. The highest BCUT2D eigenvalue weighted by Gasteiger charge is 1.95. The van der Waals surface area contributed by atoms with Gasteiger partial charge in [0.2, 0.25) is 0 Å². The largest absolute Gasteiger partial charge is 0.454 e. The Morgan fingerprint density at radius 2 is 2.33 bits per heavy atom. The lowest BCUT2D eigenvalue weighted by molar-refractivity contribution is -0.140. The number of rotatable bonds is 4. The first-order valence-corrected chi connectivity index (χ1v) is 5.35. The quantitative estimate of drug-likeness (QED) is 0.276. The Morgan fingerprint density at radius 3 is 2.78 bits per heavy atom. The van der Waals surface area contributed by atoms with Crippen LogP contribution in [0, 0.1) is 0 Å². The van der Waals surface area contributed by atoms with Gasteiger partial charge in [-0.1, -0.05) is 28.5 Å². The zero-order valence-corrected chi connectivity index (χ0v) is 7.18. The predicted octanol–water partition coefficient (Wildman–Crippen LogP) is 1.91. The molecule has 54 valence electrons. The molecule has 0 bridgehead atoms. The Kier molecular flexibility index (Phi) is 6.41. The second-order valence-electron chi connectivity index (χ2n) is 1.27. The van der Waals surface area contributed by atoms with Crippen molar-refractivity contribution in [3.05, 3.63) is 0 Å². The maximum absolute atomic E-state index is 10.4. The molecule has 0 rings (SSSR count). The predicted molar refractivity (Wildman–Crippen MR) is 42.4 cm³/mol. The summed E-state index contributed by atoms with van der Waals surface area (Å²) in [7, 11) is 3.12. The molecule has 0 aromatic heterocycles. The summed E-state index contributed by atoms with van der Waals surface area (Å²) in [6.07, 6.45) is 2.42. The lowest BCUT2D eigenvalue weighted by Crippen LogP contribution is -2.00. The molecule has 0 N–H and O–H groups in total. The Labute approximate surface area is 63.1 Å². The van der Waals surface area contributed by atoms with Crippen molar-refractivity contribution in [2.75, 3.05) is 12.2 Å². The zero-order chi connectivity index (χ0) is 7.11. The van der Waals surface area contributed by atoms with Crippen molar-refractivity contribution in [2.45, 2.75) is 13.3 Å². The monoisotopic (exact) mass is 166 g/mol. The van der Waals surface area contributed by atoms with Crippen LogP contribution in [0.5, 0.6) is 0 Å². The van der Waals surface area contributed by atoms with Crippen LogP contribution in [0.25, 0.3) is 0 Å². The van der Waals surface area contributed by atoms with E-state index in [1.54, 1.807) is 17.7 Å². The molecule has 0 heterocycles. The third-order valence-corrected chi connectivity index (χ3v) is 2.12. The minimum absolute atomic E-state index is 0.128. The summed E-state index contributed by atoms with van der Waals surface area (Å²) in [5, 5.41) is 0. The summed E-state index contributed by atoms with van der Waals surface area (Å²) in [6.45, 7) is 1.78. The standard InChI is InChI=1S/C5H10O2S2/c1-3-5(6)7-4-9-8-2/h3-4H2,1-2H3. The molecule has 0 aromatic carbocycles. The van der Waals surface area contributed by atoms with Crippen LogP contribution in [-0.4, -0.2) is 18.2 Å². The Balaban J connectivity index is 2.97. The van der Waals surface area contributed by atoms with Gasteiger partial charge in [-0.2, -0.15) is 0 Å². The van der Waals surface area contributed by atoms with Crippen LogP contribution in [-0.2, 0) is 9.53 Å². The van der Waals surface area contributed by atoms with Gasteiger partial charge in [-0.05, 0) is 6.26 Å². The molecule has 0 aliphatic rings. The highest BCUT2D eigenvalue weighted by Crippen LogP contribution is 2.16. The molecule has 0 saturated carbocycles. The molecule has 0 saturated heterocycles. The number of carbonyl (C=O) groups is 1. The molecule has 0 fully saturated rings. The van der Waals surface area contributed by atoms with Crippen LogP contribution < -0.4 is 0 Å². The highest BCUT2D eigenvalue weighted by atomic mass is 33.1. The van der Waals surface area contributed by atoms with E-state index in [1.807, 2.05) is 6.26 Å². The van der Waals surface area contributed by atoms with Gasteiger partial charge in [0.1, 0.15) is 5.94 Å². The van der Waals surface area contributed by atoms with E-state index in [-0.39, 0.29) is 5.97 Å². The second kappa shape index (κ2) is 6.29. The van der Waals surface area contributed by atoms with Crippen molar-refractivity contribution in [2.24, 2.45) is 0 Å². The van der Waals surface area contributed by atoms with Gasteiger partial charge in [-0.3, -0.25) is 4.79 Å². The number of hydrogen-bond acceptors (Lipinski definition) is 4. The summed E-state index contributed by atoms with van der Waals surface area (Å²) in [6, 6.07) is 0. The molecule has 0 unspecified atom stereocenters. The summed E-state index contributed by atoms with van der Waals surface area (Å²) < 4.78 is 4.73. The maximum atomic E-state index is 10.4. The molecule has 0 amide bonds. The molecule has 0 aromatic rings. The van der Waals surface area contributed by atoms with Gasteiger partial charge in [-0.25, -0.2) is 0 Å². The Hall–Kier alpha value is 0.170. The van der Waals surface area contributed by atoms with Crippen LogP contribution in [0.3, 0.4) is 0 Å². The van der Waals surface area contributed by atoms with Crippen molar-refractivity contribution < 1.29 is 9.53 Å². The molecule has 4 heteroatoms. The van der Waals surface area contributed by atoms with Crippen LogP contribution in [0.15, 0.2) is 0 Å². The van der Waals surface area contributed by atoms with Crippen molar-refractivity contribution >= 4 is 27.6 Å². The fourth-order valence-corrected chi connectivity index (χ4v) is 0.949. The van der Waals surface area contributed by atoms with Crippen LogP contribution in [0.4, 0.5) is 0 Å². The lowest BCUT2D eigenvalue weighted by Gasteiger charge is -1.98. The fraction of sp³-hybridized carbons (Fsp3) is 0.800. The van der Waals surface area contributed by atoms with E-state index >= 15 is 0 Å². The highest BCUT2D eigenvalue weighted by molar-refractivity contribution is 8.76.